The lowest BCUT2D eigenvalue weighted by Gasteiger charge is -2.09. The second-order valence-corrected chi connectivity index (χ2v) is 3.59. The van der Waals surface area contributed by atoms with Gasteiger partial charge in [-0.15, -0.1) is 0 Å². The van der Waals surface area contributed by atoms with E-state index in [1.807, 2.05) is 19.9 Å². The first-order chi connectivity index (χ1) is 7.59. The highest BCUT2D eigenvalue weighted by atomic mass is 16.1. The van der Waals surface area contributed by atoms with Crippen LogP contribution in [0.15, 0.2) is 24.5 Å². The van der Waals surface area contributed by atoms with Crippen LogP contribution >= 0.6 is 0 Å². The fourth-order valence-electron chi connectivity index (χ4n) is 1.68. The first-order valence-electron chi connectivity index (χ1n) is 4.87. The summed E-state index contributed by atoms with van der Waals surface area (Å²) >= 11 is 0. The lowest BCUT2D eigenvalue weighted by Crippen LogP contribution is -2.18. The van der Waals surface area contributed by atoms with E-state index in [0.717, 1.165) is 11.3 Å². The molecule has 1 amide bonds. The summed E-state index contributed by atoms with van der Waals surface area (Å²) in [5.41, 5.74) is 7.40. The number of rotatable bonds is 2. The van der Waals surface area contributed by atoms with E-state index in [4.69, 9.17) is 5.73 Å². The fraction of sp³-hybridized carbons (Fsp3) is 0.182. The van der Waals surface area contributed by atoms with Crippen LogP contribution in [-0.4, -0.2) is 20.7 Å². The Hall–Kier alpha value is -2.17. The Morgan fingerprint density at radius 1 is 1.44 bits per heavy atom. The normalized spacial score (nSPS) is 10.4. The van der Waals surface area contributed by atoms with E-state index in [0.29, 0.717) is 11.4 Å². The molecule has 5 nitrogen and oxygen atoms in total. The number of hydrogen-bond acceptors (Lipinski definition) is 3. The molecule has 0 fully saturated rings. The third kappa shape index (κ3) is 1.67. The molecule has 0 atom stereocenters. The fourth-order valence-corrected chi connectivity index (χ4v) is 1.68. The molecule has 0 unspecified atom stereocenters. The Balaban J connectivity index is 2.72. The number of aryl methyl sites for hydroxylation is 2. The predicted octanol–water partition coefficient (Wildman–Crippen LogP) is 0.983. The van der Waals surface area contributed by atoms with Crippen molar-refractivity contribution < 1.29 is 4.79 Å². The molecular weight excluding hydrogens is 204 g/mol. The zero-order valence-electron chi connectivity index (χ0n) is 9.14. The van der Waals surface area contributed by atoms with Crippen molar-refractivity contribution in [1.82, 2.24) is 14.8 Å². The Bertz CT molecular complexity index is 531. The third-order valence-corrected chi connectivity index (χ3v) is 2.29. The summed E-state index contributed by atoms with van der Waals surface area (Å²) in [6.45, 7) is 3.70. The monoisotopic (exact) mass is 216 g/mol. The van der Waals surface area contributed by atoms with Gasteiger partial charge in [0, 0.05) is 18.1 Å². The summed E-state index contributed by atoms with van der Waals surface area (Å²) in [5.74, 6) is -0.00880. The van der Waals surface area contributed by atoms with Gasteiger partial charge in [0.05, 0.1) is 5.56 Å². The largest absolute Gasteiger partial charge is 0.365 e. The Kier molecular flexibility index (Phi) is 2.44. The van der Waals surface area contributed by atoms with Gasteiger partial charge in [-0.3, -0.25) is 4.79 Å². The predicted molar refractivity (Wildman–Crippen MR) is 59.4 cm³/mol. The van der Waals surface area contributed by atoms with Crippen LogP contribution in [0.4, 0.5) is 0 Å². The number of aromatic nitrogens is 3. The standard InChI is InChI=1S/C11H12N4O/c1-7-6-8(2)14-11(9(7)10(12)16)15-5-3-4-13-15/h3-6H,1-2H3,(H2,12,16). The zero-order chi connectivity index (χ0) is 11.7. The molecule has 2 N–H and O–H groups in total. The van der Waals surface area contributed by atoms with Gasteiger partial charge in [0.1, 0.15) is 0 Å². The van der Waals surface area contributed by atoms with Crippen LogP contribution in [0.5, 0.6) is 0 Å². The van der Waals surface area contributed by atoms with Crippen molar-refractivity contribution in [2.24, 2.45) is 5.73 Å². The number of primary amides is 1. The molecule has 2 aromatic heterocycles. The number of carbonyl (C=O) groups is 1. The lowest BCUT2D eigenvalue weighted by atomic mass is 10.1. The third-order valence-electron chi connectivity index (χ3n) is 2.29. The SMILES string of the molecule is Cc1cc(C)c(C(N)=O)c(-n2cccn2)n1. The number of amides is 1. The van der Waals surface area contributed by atoms with Crippen molar-refractivity contribution in [3.63, 3.8) is 0 Å². The first-order valence-corrected chi connectivity index (χ1v) is 4.87. The van der Waals surface area contributed by atoms with Gasteiger partial charge in [-0.2, -0.15) is 5.10 Å². The first kappa shape index (κ1) is 10.4. The van der Waals surface area contributed by atoms with Crippen molar-refractivity contribution in [3.8, 4) is 5.82 Å². The average Bonchev–Trinajstić information content (AvgIpc) is 2.67. The van der Waals surface area contributed by atoms with Crippen LogP contribution < -0.4 is 5.73 Å². The molecule has 0 aliphatic carbocycles. The molecule has 2 aromatic rings. The molecule has 0 aromatic carbocycles. The number of pyridine rings is 1. The summed E-state index contributed by atoms with van der Waals surface area (Å²) in [7, 11) is 0. The van der Waals surface area contributed by atoms with Gasteiger partial charge < -0.3 is 5.73 Å². The van der Waals surface area contributed by atoms with E-state index in [1.165, 1.54) is 0 Å². The molecule has 0 aliphatic rings. The summed E-state index contributed by atoms with van der Waals surface area (Å²) in [6.07, 6.45) is 3.36. The highest BCUT2D eigenvalue weighted by Gasteiger charge is 2.15. The van der Waals surface area contributed by atoms with E-state index in [1.54, 1.807) is 23.1 Å². The van der Waals surface area contributed by atoms with Gasteiger partial charge in [-0.1, -0.05) is 0 Å². The minimum Gasteiger partial charge on any atom is -0.365 e. The molecule has 2 rings (SSSR count). The molecule has 0 spiro atoms. The molecule has 2 heterocycles. The molecule has 0 radical (unpaired) electrons. The van der Waals surface area contributed by atoms with Crippen molar-refractivity contribution in [2.45, 2.75) is 13.8 Å². The number of hydrogen-bond donors (Lipinski definition) is 1. The van der Waals surface area contributed by atoms with Gasteiger partial charge in [-0.05, 0) is 31.5 Å². The zero-order valence-corrected chi connectivity index (χ0v) is 9.14. The van der Waals surface area contributed by atoms with E-state index in [-0.39, 0.29) is 0 Å². The van der Waals surface area contributed by atoms with Gasteiger partial charge in [-0.25, -0.2) is 9.67 Å². The molecule has 0 bridgehead atoms. The maximum absolute atomic E-state index is 11.4. The van der Waals surface area contributed by atoms with Gasteiger partial charge >= 0.3 is 0 Å². The van der Waals surface area contributed by atoms with E-state index >= 15 is 0 Å². The van der Waals surface area contributed by atoms with Gasteiger partial charge in [0.25, 0.3) is 5.91 Å². The van der Waals surface area contributed by atoms with Crippen LogP contribution in [0.2, 0.25) is 0 Å². The highest BCUT2D eigenvalue weighted by Crippen LogP contribution is 2.16. The molecule has 0 saturated carbocycles. The van der Waals surface area contributed by atoms with Crippen LogP contribution in [0, 0.1) is 13.8 Å². The van der Waals surface area contributed by atoms with Crippen molar-refractivity contribution in [1.29, 1.82) is 0 Å². The Morgan fingerprint density at radius 2 is 2.19 bits per heavy atom. The van der Waals surface area contributed by atoms with E-state index < -0.39 is 5.91 Å². The smallest absolute Gasteiger partial charge is 0.252 e. The van der Waals surface area contributed by atoms with E-state index in [9.17, 15) is 4.79 Å². The minimum absolute atomic E-state index is 0.411. The van der Waals surface area contributed by atoms with E-state index in [2.05, 4.69) is 10.1 Å². The maximum atomic E-state index is 11.4. The van der Waals surface area contributed by atoms with Crippen LogP contribution in [-0.2, 0) is 0 Å². The summed E-state index contributed by atoms with van der Waals surface area (Å²) in [4.78, 5) is 15.7. The topological polar surface area (TPSA) is 73.8 Å². The molecular formula is C11H12N4O. The molecule has 82 valence electrons. The number of carbonyl (C=O) groups excluding carboxylic acids is 1. The molecule has 0 saturated heterocycles. The van der Waals surface area contributed by atoms with Crippen LogP contribution in [0.1, 0.15) is 21.6 Å². The average molecular weight is 216 g/mol. The lowest BCUT2D eigenvalue weighted by molar-refractivity contribution is 0.0999. The summed E-state index contributed by atoms with van der Waals surface area (Å²) < 4.78 is 1.54. The van der Waals surface area contributed by atoms with Gasteiger partial charge in [0.2, 0.25) is 0 Å². The van der Waals surface area contributed by atoms with Crippen molar-refractivity contribution >= 4 is 5.91 Å². The van der Waals surface area contributed by atoms with Crippen LogP contribution in [0.25, 0.3) is 5.82 Å². The van der Waals surface area contributed by atoms with Crippen molar-refractivity contribution in [3.05, 3.63) is 41.3 Å². The maximum Gasteiger partial charge on any atom is 0.252 e. The second-order valence-electron chi connectivity index (χ2n) is 3.59. The molecule has 5 heteroatoms. The Morgan fingerprint density at radius 3 is 2.75 bits per heavy atom. The minimum atomic E-state index is -0.490. The van der Waals surface area contributed by atoms with Gasteiger partial charge in [0.15, 0.2) is 5.82 Å². The number of nitrogens with two attached hydrogens (primary N) is 1. The van der Waals surface area contributed by atoms with Crippen LogP contribution in [0.3, 0.4) is 0 Å². The summed E-state index contributed by atoms with van der Waals surface area (Å²) in [6, 6.07) is 3.59. The number of nitrogens with zero attached hydrogens (tertiary/aromatic N) is 3. The Labute approximate surface area is 92.9 Å². The quantitative estimate of drug-likeness (QED) is 0.813. The highest BCUT2D eigenvalue weighted by molar-refractivity contribution is 5.97. The molecule has 0 aliphatic heterocycles. The van der Waals surface area contributed by atoms with Crippen molar-refractivity contribution in [2.75, 3.05) is 0 Å². The molecule has 16 heavy (non-hydrogen) atoms. The second kappa shape index (κ2) is 3.77. The summed E-state index contributed by atoms with van der Waals surface area (Å²) in [5, 5.41) is 4.06.